The summed E-state index contributed by atoms with van der Waals surface area (Å²) in [5, 5.41) is 6.79. The Balaban J connectivity index is 1.79. The van der Waals surface area contributed by atoms with Crippen molar-refractivity contribution < 1.29 is 9.53 Å². The average molecular weight is 306 g/mol. The molecule has 0 saturated heterocycles. The Morgan fingerprint density at radius 1 is 1.38 bits per heavy atom. The van der Waals surface area contributed by atoms with E-state index < -0.39 is 0 Å². The summed E-state index contributed by atoms with van der Waals surface area (Å²) in [5.41, 5.74) is 7.01. The predicted octanol–water partition coefficient (Wildman–Crippen LogP) is 2.05. The summed E-state index contributed by atoms with van der Waals surface area (Å²) in [6.07, 6.45) is 0. The highest BCUT2D eigenvalue weighted by Gasteiger charge is 2.18. The number of nitrogens with one attached hydrogen (secondary N) is 1. The summed E-state index contributed by atoms with van der Waals surface area (Å²) >= 11 is 1.11. The molecule has 0 saturated carbocycles. The highest BCUT2D eigenvalue weighted by atomic mass is 32.1. The fourth-order valence-corrected chi connectivity index (χ4v) is 2.45. The minimum Gasteiger partial charge on any atom is -0.492 e. The first kappa shape index (κ1) is 15.2. The maximum atomic E-state index is 12.0. The second-order valence-corrected chi connectivity index (χ2v) is 5.57. The molecule has 0 unspecified atom stereocenters. The minimum absolute atomic E-state index is 0.158. The molecule has 7 heteroatoms. The van der Waals surface area contributed by atoms with Crippen LogP contribution in [0.5, 0.6) is 5.75 Å². The summed E-state index contributed by atoms with van der Waals surface area (Å²) in [6, 6.07) is 7.12. The van der Waals surface area contributed by atoms with Gasteiger partial charge < -0.3 is 15.8 Å². The molecule has 1 amide bonds. The molecule has 6 nitrogen and oxygen atoms in total. The van der Waals surface area contributed by atoms with Crippen LogP contribution in [-0.2, 0) is 0 Å². The van der Waals surface area contributed by atoms with Crippen molar-refractivity contribution in [3.63, 3.8) is 0 Å². The molecule has 1 aromatic heterocycles. The number of nitrogen functional groups attached to an aromatic ring is 1. The monoisotopic (exact) mass is 306 g/mol. The zero-order valence-electron chi connectivity index (χ0n) is 12.0. The van der Waals surface area contributed by atoms with Crippen LogP contribution < -0.4 is 15.8 Å². The number of anilines is 1. The summed E-state index contributed by atoms with van der Waals surface area (Å²) in [7, 11) is 0. The predicted molar refractivity (Wildman–Crippen MR) is 82.7 cm³/mol. The van der Waals surface area contributed by atoms with Gasteiger partial charge in [0, 0.05) is 5.69 Å². The number of amides is 1. The highest BCUT2D eigenvalue weighted by molar-refractivity contribution is 7.08. The van der Waals surface area contributed by atoms with E-state index in [2.05, 4.69) is 14.9 Å². The van der Waals surface area contributed by atoms with Crippen LogP contribution in [-0.4, -0.2) is 28.6 Å². The summed E-state index contributed by atoms with van der Waals surface area (Å²) in [6.45, 7) is 4.77. The number of benzene rings is 1. The van der Waals surface area contributed by atoms with Gasteiger partial charge in [0.25, 0.3) is 5.91 Å². The first-order valence-electron chi connectivity index (χ1n) is 6.66. The van der Waals surface area contributed by atoms with Crippen molar-refractivity contribution in [3.8, 4) is 5.75 Å². The quantitative estimate of drug-likeness (QED) is 0.629. The minimum atomic E-state index is -0.158. The van der Waals surface area contributed by atoms with Crippen molar-refractivity contribution in [2.24, 2.45) is 0 Å². The van der Waals surface area contributed by atoms with E-state index in [1.807, 2.05) is 13.8 Å². The van der Waals surface area contributed by atoms with Gasteiger partial charge in [-0.3, -0.25) is 4.79 Å². The molecule has 1 aromatic carbocycles. The lowest BCUT2D eigenvalue weighted by molar-refractivity contribution is 0.0949. The second kappa shape index (κ2) is 7.03. The van der Waals surface area contributed by atoms with Gasteiger partial charge in [-0.05, 0) is 41.7 Å². The van der Waals surface area contributed by atoms with E-state index in [1.165, 1.54) is 0 Å². The van der Waals surface area contributed by atoms with Gasteiger partial charge in [-0.2, -0.15) is 0 Å². The SMILES string of the molecule is CC(C)c1nnsc1C(=O)NCCOc1ccc(N)cc1. The van der Waals surface area contributed by atoms with Crippen molar-refractivity contribution in [1.82, 2.24) is 14.9 Å². The molecule has 0 fully saturated rings. The van der Waals surface area contributed by atoms with E-state index in [1.54, 1.807) is 24.3 Å². The van der Waals surface area contributed by atoms with Crippen molar-refractivity contribution in [2.75, 3.05) is 18.9 Å². The molecule has 2 rings (SSSR count). The molecular weight excluding hydrogens is 288 g/mol. The Bertz CT molecular complexity index is 595. The fraction of sp³-hybridized carbons (Fsp3) is 0.357. The highest BCUT2D eigenvalue weighted by Crippen LogP contribution is 2.19. The van der Waals surface area contributed by atoms with Crippen LogP contribution in [0.2, 0.25) is 0 Å². The van der Waals surface area contributed by atoms with Gasteiger partial charge in [0.15, 0.2) is 0 Å². The number of hydrogen-bond donors (Lipinski definition) is 2. The number of carbonyl (C=O) groups excluding carboxylic acids is 1. The zero-order valence-corrected chi connectivity index (χ0v) is 12.8. The molecule has 112 valence electrons. The van der Waals surface area contributed by atoms with Gasteiger partial charge in [-0.1, -0.05) is 18.3 Å². The fourth-order valence-electron chi connectivity index (χ4n) is 1.71. The Hall–Kier alpha value is -2.15. The van der Waals surface area contributed by atoms with E-state index in [0.29, 0.717) is 23.7 Å². The largest absolute Gasteiger partial charge is 0.492 e. The Morgan fingerprint density at radius 3 is 2.76 bits per heavy atom. The molecule has 2 aromatic rings. The standard InChI is InChI=1S/C14H18N4O2S/c1-9(2)12-13(21-18-17-12)14(19)16-7-8-20-11-5-3-10(15)4-6-11/h3-6,9H,7-8,15H2,1-2H3,(H,16,19). The molecule has 3 N–H and O–H groups in total. The van der Waals surface area contributed by atoms with Crippen LogP contribution in [0, 0.1) is 0 Å². The van der Waals surface area contributed by atoms with Gasteiger partial charge in [0.1, 0.15) is 17.2 Å². The van der Waals surface area contributed by atoms with Crippen LogP contribution in [0.1, 0.15) is 35.1 Å². The van der Waals surface area contributed by atoms with Crippen LogP contribution in [0.25, 0.3) is 0 Å². The van der Waals surface area contributed by atoms with Crippen LogP contribution >= 0.6 is 11.5 Å². The Morgan fingerprint density at radius 2 is 2.10 bits per heavy atom. The van der Waals surface area contributed by atoms with E-state index in [4.69, 9.17) is 10.5 Å². The van der Waals surface area contributed by atoms with Crippen molar-refractivity contribution in [2.45, 2.75) is 19.8 Å². The van der Waals surface area contributed by atoms with Crippen LogP contribution in [0.4, 0.5) is 5.69 Å². The van der Waals surface area contributed by atoms with Gasteiger partial charge in [-0.25, -0.2) is 0 Å². The zero-order chi connectivity index (χ0) is 15.2. The third-order valence-corrected chi connectivity index (χ3v) is 3.54. The molecule has 0 aliphatic rings. The summed E-state index contributed by atoms with van der Waals surface area (Å²) in [4.78, 5) is 12.6. The third-order valence-electron chi connectivity index (χ3n) is 2.80. The number of nitrogens with two attached hydrogens (primary N) is 1. The maximum Gasteiger partial charge on any atom is 0.265 e. The number of rotatable bonds is 6. The lowest BCUT2D eigenvalue weighted by Crippen LogP contribution is -2.28. The molecule has 0 atom stereocenters. The normalized spacial score (nSPS) is 10.6. The van der Waals surface area contributed by atoms with E-state index >= 15 is 0 Å². The topological polar surface area (TPSA) is 90.1 Å². The number of nitrogens with zero attached hydrogens (tertiary/aromatic N) is 2. The molecule has 0 aliphatic carbocycles. The second-order valence-electron chi connectivity index (χ2n) is 4.82. The molecule has 21 heavy (non-hydrogen) atoms. The van der Waals surface area contributed by atoms with Crippen molar-refractivity contribution in [3.05, 3.63) is 34.8 Å². The lowest BCUT2D eigenvalue weighted by atomic mass is 10.1. The molecule has 1 heterocycles. The van der Waals surface area contributed by atoms with E-state index in [9.17, 15) is 4.79 Å². The number of carbonyl (C=O) groups is 1. The Labute approximate surface area is 127 Å². The Kier molecular flexibility index (Phi) is 5.10. The lowest BCUT2D eigenvalue weighted by Gasteiger charge is -2.08. The number of hydrogen-bond acceptors (Lipinski definition) is 6. The summed E-state index contributed by atoms with van der Waals surface area (Å²) < 4.78 is 9.34. The summed E-state index contributed by atoms with van der Waals surface area (Å²) in [5.74, 6) is 0.742. The smallest absolute Gasteiger partial charge is 0.265 e. The molecule has 0 bridgehead atoms. The molecular formula is C14H18N4O2S. The number of ether oxygens (including phenoxy) is 1. The van der Waals surface area contributed by atoms with E-state index in [0.717, 1.165) is 23.0 Å². The van der Waals surface area contributed by atoms with Gasteiger partial charge in [0.2, 0.25) is 0 Å². The van der Waals surface area contributed by atoms with Crippen LogP contribution in [0.15, 0.2) is 24.3 Å². The molecule has 0 radical (unpaired) electrons. The molecule has 0 aliphatic heterocycles. The van der Waals surface area contributed by atoms with Gasteiger partial charge in [0.05, 0.1) is 12.2 Å². The third kappa shape index (κ3) is 4.16. The number of aromatic nitrogens is 2. The first-order chi connectivity index (χ1) is 10.1. The van der Waals surface area contributed by atoms with Gasteiger partial charge >= 0.3 is 0 Å². The first-order valence-corrected chi connectivity index (χ1v) is 7.44. The van der Waals surface area contributed by atoms with Gasteiger partial charge in [-0.15, -0.1) is 5.10 Å². The molecule has 0 spiro atoms. The van der Waals surface area contributed by atoms with E-state index in [-0.39, 0.29) is 11.8 Å². The van der Waals surface area contributed by atoms with Crippen molar-refractivity contribution in [1.29, 1.82) is 0 Å². The maximum absolute atomic E-state index is 12.0. The average Bonchev–Trinajstić information content (AvgIpc) is 2.95. The van der Waals surface area contributed by atoms with Crippen LogP contribution in [0.3, 0.4) is 0 Å². The van der Waals surface area contributed by atoms with Crippen molar-refractivity contribution >= 4 is 23.1 Å².